The van der Waals surface area contributed by atoms with Crippen molar-refractivity contribution < 1.29 is 13.2 Å². The number of fused-ring (bicyclic) bond motifs is 1. The summed E-state index contributed by atoms with van der Waals surface area (Å²) in [5, 5.41) is 1.14. The minimum atomic E-state index is -3.06. The van der Waals surface area contributed by atoms with E-state index in [1.165, 1.54) is 11.8 Å². The number of thioether (sulfide) groups is 1. The van der Waals surface area contributed by atoms with Gasteiger partial charge < -0.3 is 4.90 Å². The second kappa shape index (κ2) is 6.59. The van der Waals surface area contributed by atoms with Gasteiger partial charge in [-0.2, -0.15) is 4.99 Å². The van der Waals surface area contributed by atoms with Crippen LogP contribution in [0.3, 0.4) is 0 Å². The van der Waals surface area contributed by atoms with Crippen LogP contribution in [0.5, 0.6) is 0 Å². The maximum Gasteiger partial charge on any atom is 0.253 e. The molecule has 136 valence electrons. The zero-order chi connectivity index (χ0) is 18.4. The van der Waals surface area contributed by atoms with Crippen LogP contribution in [-0.4, -0.2) is 47.2 Å². The highest BCUT2D eigenvalue weighted by Crippen LogP contribution is 2.39. The Labute approximate surface area is 157 Å². The quantitative estimate of drug-likeness (QED) is 0.763. The third-order valence-electron chi connectivity index (χ3n) is 4.31. The van der Waals surface area contributed by atoms with Gasteiger partial charge in [0.25, 0.3) is 5.91 Å². The van der Waals surface area contributed by atoms with E-state index in [9.17, 15) is 13.2 Å². The highest BCUT2D eigenvalue weighted by atomic mass is 35.5. The van der Waals surface area contributed by atoms with Crippen molar-refractivity contribution in [3.8, 4) is 0 Å². The topological polar surface area (TPSA) is 66.8 Å². The summed E-state index contributed by atoms with van der Waals surface area (Å²) >= 11 is 7.66. The van der Waals surface area contributed by atoms with Gasteiger partial charge in [0.15, 0.2) is 15.0 Å². The molecule has 2 atom stereocenters. The van der Waals surface area contributed by atoms with Gasteiger partial charge in [0.1, 0.15) is 0 Å². The van der Waals surface area contributed by atoms with Crippen molar-refractivity contribution in [3.05, 3.63) is 34.9 Å². The lowest BCUT2D eigenvalue weighted by atomic mass is 9.96. The monoisotopic (exact) mass is 400 g/mol. The molecule has 1 aromatic rings. The predicted molar refractivity (Wildman–Crippen MR) is 103 cm³/mol. The van der Waals surface area contributed by atoms with Gasteiger partial charge in [0.05, 0.1) is 17.5 Å². The van der Waals surface area contributed by atoms with Crippen molar-refractivity contribution in [1.29, 1.82) is 0 Å². The predicted octanol–water partition coefficient (Wildman–Crippen LogP) is 2.98. The molecule has 0 N–H and O–H groups in total. The van der Waals surface area contributed by atoms with E-state index in [0.717, 1.165) is 5.56 Å². The van der Waals surface area contributed by atoms with E-state index in [0.29, 0.717) is 16.7 Å². The van der Waals surface area contributed by atoms with Gasteiger partial charge >= 0.3 is 0 Å². The summed E-state index contributed by atoms with van der Waals surface area (Å²) < 4.78 is 24.0. The van der Waals surface area contributed by atoms with E-state index in [4.69, 9.17) is 11.6 Å². The number of carbonyl (C=O) groups excluding carboxylic acids is 1. The molecule has 0 spiro atoms. The van der Waals surface area contributed by atoms with Crippen molar-refractivity contribution in [2.24, 2.45) is 10.4 Å². The molecule has 8 heteroatoms. The Balaban J connectivity index is 1.94. The zero-order valence-electron chi connectivity index (χ0n) is 14.4. The molecule has 2 fully saturated rings. The zero-order valence-corrected chi connectivity index (χ0v) is 16.8. The standard InChI is InChI=1S/C17H21ClN2O3S2/c1-17(2,3)15(21)19-16-20(8-11-6-4-5-7-12(11)18)13-9-25(22,23)10-14(13)24-16/h4-7,13-14H,8-10H2,1-3H3/t13-,14-/m0/s1. The molecule has 0 bridgehead atoms. The second-order valence-electron chi connectivity index (χ2n) is 7.47. The Bertz CT molecular complexity index is 831. The highest BCUT2D eigenvalue weighted by Gasteiger charge is 2.49. The number of sulfone groups is 1. The van der Waals surface area contributed by atoms with E-state index in [2.05, 4.69) is 4.99 Å². The van der Waals surface area contributed by atoms with Crippen molar-refractivity contribution in [1.82, 2.24) is 4.90 Å². The molecule has 1 amide bonds. The SMILES string of the molecule is CC(C)(C)C(=O)N=C1S[C@H]2CS(=O)(=O)C[C@@H]2N1Cc1ccccc1Cl. The van der Waals surface area contributed by atoms with Gasteiger partial charge in [-0.1, -0.05) is 62.3 Å². The van der Waals surface area contributed by atoms with Crippen LogP contribution in [0.4, 0.5) is 0 Å². The molecule has 0 radical (unpaired) electrons. The number of amides is 1. The van der Waals surface area contributed by atoms with E-state index in [1.807, 2.05) is 43.9 Å². The molecule has 2 aliphatic heterocycles. The summed E-state index contributed by atoms with van der Waals surface area (Å²) in [5.74, 6) is 0.0176. The van der Waals surface area contributed by atoms with Crippen LogP contribution in [0.15, 0.2) is 29.3 Å². The summed E-state index contributed by atoms with van der Waals surface area (Å²) in [7, 11) is -3.06. The molecule has 0 saturated carbocycles. The lowest BCUT2D eigenvalue weighted by Gasteiger charge is -2.25. The molecule has 5 nitrogen and oxygen atoms in total. The highest BCUT2D eigenvalue weighted by molar-refractivity contribution is 8.15. The first-order valence-electron chi connectivity index (χ1n) is 8.07. The lowest BCUT2D eigenvalue weighted by Crippen LogP contribution is -2.37. The fourth-order valence-electron chi connectivity index (χ4n) is 2.89. The summed E-state index contributed by atoms with van der Waals surface area (Å²) in [6, 6.07) is 7.29. The van der Waals surface area contributed by atoms with Crippen molar-refractivity contribution in [2.75, 3.05) is 11.5 Å². The average Bonchev–Trinajstić information content (AvgIpc) is 2.93. The number of halogens is 1. The number of carbonyl (C=O) groups is 1. The van der Waals surface area contributed by atoms with Crippen LogP contribution in [0.1, 0.15) is 26.3 Å². The number of rotatable bonds is 2. The van der Waals surface area contributed by atoms with Gasteiger partial charge in [-0.25, -0.2) is 8.42 Å². The number of benzene rings is 1. The first-order chi connectivity index (χ1) is 11.6. The van der Waals surface area contributed by atoms with Gasteiger partial charge in [-0.3, -0.25) is 4.79 Å². The Hall–Kier alpha value is -1.05. The van der Waals surface area contributed by atoms with Crippen molar-refractivity contribution in [3.63, 3.8) is 0 Å². The van der Waals surface area contributed by atoms with Gasteiger partial charge in [-0.05, 0) is 11.6 Å². The number of nitrogens with zero attached hydrogens (tertiary/aromatic N) is 2. The average molecular weight is 401 g/mol. The van der Waals surface area contributed by atoms with E-state index in [1.54, 1.807) is 6.07 Å². The maximum absolute atomic E-state index is 12.4. The van der Waals surface area contributed by atoms with Gasteiger partial charge in [0.2, 0.25) is 0 Å². The van der Waals surface area contributed by atoms with Crippen molar-refractivity contribution >= 4 is 44.3 Å². The molecular formula is C17H21ClN2O3S2. The molecule has 0 aromatic heterocycles. The Kier molecular flexibility index (Phi) is 4.94. The molecule has 0 aliphatic carbocycles. The van der Waals surface area contributed by atoms with Crippen LogP contribution in [0.25, 0.3) is 0 Å². The number of hydrogen-bond donors (Lipinski definition) is 0. The van der Waals surface area contributed by atoms with Gasteiger partial charge in [-0.15, -0.1) is 0 Å². The molecule has 0 unspecified atom stereocenters. The van der Waals surface area contributed by atoms with Crippen LogP contribution in [0, 0.1) is 5.41 Å². The maximum atomic E-state index is 12.4. The summed E-state index contributed by atoms with van der Waals surface area (Å²) in [6.45, 7) is 5.91. The lowest BCUT2D eigenvalue weighted by molar-refractivity contribution is -0.124. The number of amidine groups is 1. The van der Waals surface area contributed by atoms with Crippen LogP contribution in [-0.2, 0) is 21.2 Å². The van der Waals surface area contributed by atoms with Gasteiger partial charge in [0, 0.05) is 22.2 Å². The van der Waals surface area contributed by atoms with E-state index >= 15 is 0 Å². The normalized spacial score (nSPS) is 26.9. The second-order valence-corrected chi connectivity index (χ2v) is 11.2. The first-order valence-corrected chi connectivity index (χ1v) is 11.1. The Morgan fingerprint density at radius 1 is 1.32 bits per heavy atom. The summed E-state index contributed by atoms with van der Waals surface area (Å²) in [5.41, 5.74) is 0.318. The molecule has 2 aliphatic rings. The van der Waals surface area contributed by atoms with Crippen LogP contribution >= 0.6 is 23.4 Å². The molecule has 2 heterocycles. The third-order valence-corrected chi connectivity index (χ3v) is 7.93. The molecule has 25 heavy (non-hydrogen) atoms. The minimum Gasteiger partial charge on any atom is -0.342 e. The minimum absolute atomic E-state index is 0.0843. The Morgan fingerprint density at radius 3 is 2.64 bits per heavy atom. The summed E-state index contributed by atoms with van der Waals surface area (Å²) in [6.07, 6.45) is 0. The first kappa shape index (κ1) is 18.7. The van der Waals surface area contributed by atoms with E-state index in [-0.39, 0.29) is 28.7 Å². The van der Waals surface area contributed by atoms with Crippen LogP contribution < -0.4 is 0 Å². The molecular weight excluding hydrogens is 380 g/mol. The third kappa shape index (κ3) is 4.04. The molecule has 1 aromatic carbocycles. The Morgan fingerprint density at radius 2 is 2.00 bits per heavy atom. The number of aliphatic imine (C=N–C) groups is 1. The number of hydrogen-bond acceptors (Lipinski definition) is 4. The molecule has 3 rings (SSSR count). The summed E-state index contributed by atoms with van der Waals surface area (Å²) in [4.78, 5) is 18.6. The largest absolute Gasteiger partial charge is 0.342 e. The fraction of sp³-hybridized carbons (Fsp3) is 0.529. The fourth-order valence-corrected chi connectivity index (χ4v) is 7.03. The molecule has 2 saturated heterocycles. The smallest absolute Gasteiger partial charge is 0.253 e. The van der Waals surface area contributed by atoms with E-state index < -0.39 is 15.3 Å². The van der Waals surface area contributed by atoms with Crippen molar-refractivity contribution in [2.45, 2.75) is 38.6 Å². The van der Waals surface area contributed by atoms with Crippen LogP contribution in [0.2, 0.25) is 5.02 Å².